The van der Waals surface area contributed by atoms with E-state index >= 15 is 0 Å². The minimum atomic E-state index is -3.47. The Morgan fingerprint density at radius 1 is 0.967 bits per heavy atom. The molecule has 3 N–H and O–H groups in total. The summed E-state index contributed by atoms with van der Waals surface area (Å²) in [4.78, 5) is 13.9. The van der Waals surface area contributed by atoms with Gasteiger partial charge in [-0.1, -0.05) is 55.1 Å². The zero-order valence-corrected chi connectivity index (χ0v) is 17.1. The zero-order chi connectivity index (χ0) is 22.0. The Morgan fingerprint density at radius 2 is 1.57 bits per heavy atom. The van der Waals surface area contributed by atoms with Crippen molar-refractivity contribution in [1.82, 2.24) is 4.83 Å². The van der Waals surface area contributed by atoms with E-state index in [-0.39, 0.29) is 4.90 Å². The maximum Gasteiger partial charge on any atom is 0.343 e. The molecule has 0 spiro atoms. The number of benzene rings is 3. The Balaban J connectivity index is 0.000000248. The highest BCUT2D eigenvalue weighted by Crippen LogP contribution is 2.29. The lowest BCUT2D eigenvalue weighted by Crippen LogP contribution is -2.30. The van der Waals surface area contributed by atoms with Crippen LogP contribution in [0.3, 0.4) is 0 Å². The number of nitrogens with two attached hydrogens (primary N) is 1. The summed E-state index contributed by atoms with van der Waals surface area (Å²) >= 11 is 0. The van der Waals surface area contributed by atoms with Crippen LogP contribution in [0.25, 0.3) is 6.08 Å². The fourth-order valence-corrected chi connectivity index (χ4v) is 2.95. The Morgan fingerprint density at radius 3 is 2.10 bits per heavy atom. The Labute approximate surface area is 175 Å². The standard InChI is InChI=1S/C16H14O3.C6H8N2O2S/c1-3-12-9-10-14(18-2)15(11-12)19-16(17)13-7-5-4-6-8-13;7-8-11(9,10)6-4-2-1-3-5-6/h3-11H,1H2,2H3;1-5,8H,7H2. The fraction of sp³-hybridized carbons (Fsp3) is 0.0455. The molecule has 0 aliphatic carbocycles. The van der Waals surface area contributed by atoms with Crippen LogP contribution in [0.15, 0.2) is 90.3 Å². The van der Waals surface area contributed by atoms with Gasteiger partial charge >= 0.3 is 5.97 Å². The van der Waals surface area contributed by atoms with Gasteiger partial charge in [0.15, 0.2) is 11.5 Å². The molecule has 156 valence electrons. The molecule has 7 nitrogen and oxygen atoms in total. The van der Waals surface area contributed by atoms with Crippen molar-refractivity contribution in [3.63, 3.8) is 0 Å². The van der Waals surface area contributed by atoms with E-state index in [1.807, 2.05) is 12.1 Å². The highest BCUT2D eigenvalue weighted by atomic mass is 32.2. The predicted octanol–water partition coefficient (Wildman–Crippen LogP) is 3.40. The summed E-state index contributed by atoms with van der Waals surface area (Å²) in [7, 11) is -1.94. The molecular formula is C22H22N2O5S. The van der Waals surface area contributed by atoms with Gasteiger partial charge in [-0.15, -0.1) is 0 Å². The van der Waals surface area contributed by atoms with Gasteiger partial charge in [-0.2, -0.15) is 4.83 Å². The van der Waals surface area contributed by atoms with Gasteiger partial charge in [0.2, 0.25) is 0 Å². The number of nitrogens with one attached hydrogen (secondary N) is 1. The molecule has 0 saturated carbocycles. The van der Waals surface area contributed by atoms with Crippen molar-refractivity contribution in [2.45, 2.75) is 4.90 Å². The maximum absolute atomic E-state index is 12.0. The second kappa shape index (κ2) is 10.9. The van der Waals surface area contributed by atoms with Crippen molar-refractivity contribution < 1.29 is 22.7 Å². The van der Waals surface area contributed by atoms with Crippen LogP contribution in [0.1, 0.15) is 15.9 Å². The van der Waals surface area contributed by atoms with Crippen molar-refractivity contribution in [3.8, 4) is 11.5 Å². The molecular weight excluding hydrogens is 404 g/mol. The molecule has 30 heavy (non-hydrogen) atoms. The first kappa shape index (κ1) is 22.8. The summed E-state index contributed by atoms with van der Waals surface area (Å²) in [6.45, 7) is 3.68. The Kier molecular flexibility index (Phi) is 8.30. The van der Waals surface area contributed by atoms with Crippen molar-refractivity contribution in [3.05, 3.63) is 96.6 Å². The summed E-state index contributed by atoms with van der Waals surface area (Å²) < 4.78 is 32.5. The van der Waals surface area contributed by atoms with Gasteiger partial charge in [0, 0.05) is 0 Å². The number of hydrazine groups is 1. The molecule has 3 rings (SSSR count). The largest absolute Gasteiger partial charge is 0.493 e. The van der Waals surface area contributed by atoms with Gasteiger partial charge in [0.05, 0.1) is 17.6 Å². The third kappa shape index (κ3) is 6.28. The second-order valence-electron chi connectivity index (χ2n) is 5.80. The monoisotopic (exact) mass is 426 g/mol. The Bertz CT molecular complexity index is 1090. The number of methoxy groups -OCH3 is 1. The van der Waals surface area contributed by atoms with Crippen molar-refractivity contribution in [1.29, 1.82) is 0 Å². The molecule has 3 aromatic carbocycles. The number of carbonyl (C=O) groups excluding carboxylic acids is 1. The maximum atomic E-state index is 12.0. The number of ether oxygens (including phenoxy) is 2. The second-order valence-corrected chi connectivity index (χ2v) is 7.52. The lowest BCUT2D eigenvalue weighted by atomic mass is 10.2. The third-order valence-electron chi connectivity index (χ3n) is 3.84. The minimum absolute atomic E-state index is 0.169. The van der Waals surface area contributed by atoms with Gasteiger partial charge in [0.25, 0.3) is 10.0 Å². The molecule has 0 fully saturated rings. The molecule has 0 aromatic heterocycles. The number of carbonyl (C=O) groups is 1. The van der Waals surface area contributed by atoms with Gasteiger partial charge in [-0.3, -0.25) is 5.84 Å². The first-order chi connectivity index (χ1) is 14.4. The average Bonchev–Trinajstić information content (AvgIpc) is 2.80. The lowest BCUT2D eigenvalue weighted by molar-refractivity contribution is 0.0729. The molecule has 3 aromatic rings. The molecule has 0 unspecified atom stereocenters. The fourth-order valence-electron chi connectivity index (χ4n) is 2.30. The van der Waals surface area contributed by atoms with Gasteiger partial charge in [-0.05, 0) is 42.0 Å². The van der Waals surface area contributed by atoms with Crippen LogP contribution in [-0.4, -0.2) is 21.5 Å². The SMILES string of the molecule is C=Cc1ccc(OC)c(OC(=O)c2ccccc2)c1.NNS(=O)(=O)c1ccccc1. The van der Waals surface area contributed by atoms with Crippen LogP contribution in [0, 0.1) is 0 Å². The molecule has 0 saturated heterocycles. The van der Waals surface area contributed by atoms with Gasteiger partial charge < -0.3 is 9.47 Å². The molecule has 0 aliphatic heterocycles. The number of hydrogen-bond acceptors (Lipinski definition) is 6. The van der Waals surface area contributed by atoms with Crippen LogP contribution in [0.4, 0.5) is 0 Å². The minimum Gasteiger partial charge on any atom is -0.493 e. The molecule has 0 bridgehead atoms. The van der Waals surface area contributed by atoms with Crippen LogP contribution in [0.2, 0.25) is 0 Å². The number of esters is 1. The van der Waals surface area contributed by atoms with E-state index in [9.17, 15) is 13.2 Å². The number of rotatable bonds is 6. The van der Waals surface area contributed by atoms with E-state index < -0.39 is 16.0 Å². The predicted molar refractivity (Wildman–Crippen MR) is 115 cm³/mol. The number of sulfonamides is 1. The van der Waals surface area contributed by atoms with Crippen molar-refractivity contribution in [2.24, 2.45) is 5.84 Å². The quantitative estimate of drug-likeness (QED) is 0.271. The van der Waals surface area contributed by atoms with Crippen LogP contribution in [-0.2, 0) is 10.0 Å². The first-order valence-corrected chi connectivity index (χ1v) is 10.2. The summed E-state index contributed by atoms with van der Waals surface area (Å²) in [5.74, 6) is 5.28. The molecule has 0 radical (unpaired) electrons. The summed E-state index contributed by atoms with van der Waals surface area (Å²) in [6.07, 6.45) is 1.68. The number of hydrogen-bond donors (Lipinski definition) is 2. The van der Waals surface area contributed by atoms with E-state index in [1.165, 1.54) is 19.2 Å². The zero-order valence-electron chi connectivity index (χ0n) is 16.3. The normalized spacial score (nSPS) is 10.3. The molecule has 0 aliphatic rings. The average molecular weight is 426 g/mol. The smallest absolute Gasteiger partial charge is 0.343 e. The van der Waals surface area contributed by atoms with Crippen molar-refractivity contribution >= 4 is 22.1 Å². The van der Waals surface area contributed by atoms with Crippen LogP contribution >= 0.6 is 0 Å². The third-order valence-corrected chi connectivity index (χ3v) is 5.05. The lowest BCUT2D eigenvalue weighted by Gasteiger charge is -2.10. The van der Waals surface area contributed by atoms with Gasteiger partial charge in [-0.25, -0.2) is 13.2 Å². The molecule has 8 heteroatoms. The van der Waals surface area contributed by atoms with Gasteiger partial charge in [0.1, 0.15) is 0 Å². The summed E-state index contributed by atoms with van der Waals surface area (Å²) in [5.41, 5.74) is 1.35. The summed E-state index contributed by atoms with van der Waals surface area (Å²) in [5, 5.41) is 0. The molecule has 0 atom stereocenters. The molecule has 0 heterocycles. The van der Waals surface area contributed by atoms with Crippen molar-refractivity contribution in [2.75, 3.05) is 7.11 Å². The van der Waals surface area contributed by atoms with E-state index in [0.717, 1.165) is 5.56 Å². The highest BCUT2D eigenvalue weighted by Gasteiger charge is 2.12. The Hall–Kier alpha value is -3.46. The van der Waals surface area contributed by atoms with E-state index in [4.69, 9.17) is 15.3 Å². The van der Waals surface area contributed by atoms with E-state index in [1.54, 1.807) is 65.5 Å². The summed E-state index contributed by atoms with van der Waals surface area (Å²) in [6, 6.07) is 22.0. The van der Waals surface area contributed by atoms with E-state index in [2.05, 4.69) is 6.58 Å². The van der Waals surface area contributed by atoms with E-state index in [0.29, 0.717) is 17.1 Å². The van der Waals surface area contributed by atoms with Crippen LogP contribution in [0.5, 0.6) is 11.5 Å². The topological polar surface area (TPSA) is 108 Å². The first-order valence-electron chi connectivity index (χ1n) is 8.76. The molecule has 0 amide bonds. The van der Waals surface area contributed by atoms with Crippen LogP contribution < -0.4 is 20.1 Å². The highest BCUT2D eigenvalue weighted by molar-refractivity contribution is 7.89.